The summed E-state index contributed by atoms with van der Waals surface area (Å²) in [5.74, 6) is -1.71. The van der Waals surface area contributed by atoms with Crippen LogP contribution in [0, 0.1) is 11.6 Å². The summed E-state index contributed by atoms with van der Waals surface area (Å²) in [6.45, 7) is 28.3. The molecule has 3 N–H and O–H groups in total. The molecule has 4 aromatic carbocycles. The Morgan fingerprint density at radius 2 is 0.925 bits per heavy atom. The maximum absolute atomic E-state index is 13.7. The number of nitrogens with zero attached hydrogens (tertiary/aromatic N) is 4. The summed E-state index contributed by atoms with van der Waals surface area (Å²) in [7, 11) is -1.51. The summed E-state index contributed by atoms with van der Waals surface area (Å²) >= 11 is 0. The number of carboxylic acids is 1. The van der Waals surface area contributed by atoms with Crippen molar-refractivity contribution in [2.75, 3.05) is 14.1 Å². The van der Waals surface area contributed by atoms with Crippen LogP contribution in [0.4, 0.5) is 8.78 Å². The molecule has 426 valence electrons. The van der Waals surface area contributed by atoms with Crippen molar-refractivity contribution in [1.82, 2.24) is 30.6 Å². The SMILES string of the molecule is CC(=O)NNC(=O)Cc1c2c(c(O[Si](C(C)C)(C(C)C)C(C)C)c3ncc(Cc4ccc(F)cc4)cc13)C(=O)N(C)C2.CC(C)[Si](Oc1c2c(c(CC(=O)O)c3cc(Cc4ccc(F)cc4)cnc13)CN(C)C2=O)(C(C)C)C(C)C. The van der Waals surface area contributed by atoms with Gasteiger partial charge in [0.25, 0.3) is 28.4 Å². The molecule has 6 aromatic rings. The number of amides is 4. The molecule has 0 aliphatic carbocycles. The first-order valence-electron chi connectivity index (χ1n) is 27.7. The lowest BCUT2D eigenvalue weighted by molar-refractivity contribution is -0.136. The van der Waals surface area contributed by atoms with Crippen molar-refractivity contribution in [3.05, 3.63) is 140 Å². The van der Waals surface area contributed by atoms with Gasteiger partial charge in [0.15, 0.2) is 0 Å². The van der Waals surface area contributed by atoms with Crippen molar-refractivity contribution in [1.29, 1.82) is 0 Å². The number of hydrogen-bond acceptors (Lipinski definition) is 9. The van der Waals surface area contributed by atoms with Gasteiger partial charge in [-0.25, -0.2) is 8.78 Å². The number of rotatable bonds is 18. The van der Waals surface area contributed by atoms with Gasteiger partial charge in [0.2, 0.25) is 11.8 Å². The maximum atomic E-state index is 13.7. The highest BCUT2D eigenvalue weighted by Gasteiger charge is 2.50. The van der Waals surface area contributed by atoms with E-state index in [1.54, 1.807) is 60.6 Å². The van der Waals surface area contributed by atoms with E-state index in [0.717, 1.165) is 33.2 Å². The van der Waals surface area contributed by atoms with Gasteiger partial charge < -0.3 is 23.8 Å². The molecule has 0 saturated heterocycles. The van der Waals surface area contributed by atoms with Crippen LogP contribution in [0.15, 0.2) is 73.1 Å². The number of pyridine rings is 2. The Balaban J connectivity index is 0.000000232. The first-order valence-corrected chi connectivity index (χ1v) is 32.0. The fraction of sp³-hybridized carbons (Fsp3) is 0.435. The summed E-state index contributed by atoms with van der Waals surface area (Å²) in [6, 6.07) is 16.6. The molecular weight excluding hydrogens is 1050 g/mol. The van der Waals surface area contributed by atoms with Gasteiger partial charge in [-0.2, -0.15) is 0 Å². The molecule has 14 nitrogen and oxygen atoms in total. The minimum atomic E-state index is -2.51. The average molecular weight is 1130 g/mol. The zero-order valence-corrected chi connectivity index (χ0v) is 51.0. The lowest BCUT2D eigenvalue weighted by atomic mass is 9.93. The van der Waals surface area contributed by atoms with Crippen LogP contribution in [0.5, 0.6) is 11.5 Å². The number of halogens is 2. The molecule has 2 aliphatic rings. The molecule has 2 aromatic heterocycles. The van der Waals surface area contributed by atoms with E-state index in [-0.39, 0.29) is 69.5 Å². The summed E-state index contributed by atoms with van der Waals surface area (Å²) in [5.41, 5.74) is 14.7. The number of aliphatic carboxylic acids is 1. The van der Waals surface area contributed by atoms with Crippen LogP contribution in [0.1, 0.15) is 155 Å². The van der Waals surface area contributed by atoms with Crippen molar-refractivity contribution in [2.24, 2.45) is 0 Å². The molecule has 0 fully saturated rings. The van der Waals surface area contributed by atoms with Crippen LogP contribution in [-0.4, -0.2) is 85.2 Å². The molecule has 18 heteroatoms. The number of aromatic nitrogens is 2. The predicted octanol–water partition coefficient (Wildman–Crippen LogP) is 12.5. The molecule has 80 heavy (non-hydrogen) atoms. The standard InChI is InChI=1S/C32H41FN4O4Si.C30H37FN2O4Si/c1-18(2)42(19(3)4,20(5)6)41-31-29-27(17-37(8)32(29)40)25(15-28(39)36-35-21(7)38)26-14-23(16-34-30(26)31)13-22-9-11-24(33)12-10-22;1-17(2)38(18(3)4,19(5)6)37-29-27-25(16-33(7)30(27)36)23(14-26(34)35)24-13-21(15-32-28(24)29)12-20-8-10-22(31)11-9-20/h9-12,14,16,18-20H,13,15,17H2,1-8H3,(H,35,38)(H,36,39);8-11,13,15,17-19H,12,14,16H2,1-7H3,(H,34,35). The highest BCUT2D eigenvalue weighted by molar-refractivity contribution is 6.79. The molecule has 0 saturated carbocycles. The van der Waals surface area contributed by atoms with Crippen LogP contribution >= 0.6 is 0 Å². The molecule has 0 spiro atoms. The smallest absolute Gasteiger partial charge is 0.307 e. The number of carbonyl (C=O) groups excluding carboxylic acids is 4. The Kier molecular flexibility index (Phi) is 18.4. The van der Waals surface area contributed by atoms with Crippen molar-refractivity contribution >= 4 is 68.0 Å². The summed E-state index contributed by atoms with van der Waals surface area (Å²) < 4.78 is 41.3. The van der Waals surface area contributed by atoms with Crippen molar-refractivity contribution in [2.45, 2.75) is 162 Å². The quantitative estimate of drug-likeness (QED) is 0.0554. The monoisotopic (exact) mass is 1130 g/mol. The number of benzene rings is 4. The Morgan fingerprint density at radius 1 is 0.575 bits per heavy atom. The molecule has 8 rings (SSSR count). The Labute approximate surface area is 471 Å². The minimum absolute atomic E-state index is 0.0662. The number of hydrogen-bond donors (Lipinski definition) is 3. The van der Waals surface area contributed by atoms with Gasteiger partial charge in [0, 0.05) is 57.3 Å². The van der Waals surface area contributed by atoms with Crippen LogP contribution in [0.25, 0.3) is 21.8 Å². The molecule has 4 heterocycles. The molecule has 0 bridgehead atoms. The fourth-order valence-corrected chi connectivity index (χ4v) is 23.3. The lowest BCUT2D eigenvalue weighted by Gasteiger charge is -2.42. The van der Waals surface area contributed by atoms with Gasteiger partial charge in [0.1, 0.15) is 34.2 Å². The number of nitrogens with one attached hydrogen (secondary N) is 2. The van der Waals surface area contributed by atoms with E-state index in [0.29, 0.717) is 81.7 Å². The second-order valence-corrected chi connectivity index (χ2v) is 34.3. The Morgan fingerprint density at radius 3 is 1.25 bits per heavy atom. The van der Waals surface area contributed by atoms with Gasteiger partial charge in [-0.3, -0.25) is 44.8 Å². The van der Waals surface area contributed by atoms with E-state index in [1.807, 2.05) is 12.1 Å². The highest BCUT2D eigenvalue weighted by Crippen LogP contribution is 2.50. The Hall–Kier alpha value is -7.06. The van der Waals surface area contributed by atoms with E-state index in [1.165, 1.54) is 31.2 Å². The zero-order chi connectivity index (χ0) is 58.9. The number of fused-ring (bicyclic) bond motifs is 4. The van der Waals surface area contributed by atoms with Gasteiger partial charge in [0.05, 0.1) is 24.0 Å². The zero-order valence-electron chi connectivity index (χ0n) is 49.0. The largest absolute Gasteiger partial charge is 0.541 e. The normalized spacial score (nSPS) is 13.5. The molecular formula is C62H78F2N6O8Si2. The van der Waals surface area contributed by atoms with Crippen LogP contribution < -0.4 is 19.7 Å². The van der Waals surface area contributed by atoms with Gasteiger partial charge >= 0.3 is 5.97 Å². The molecule has 0 unspecified atom stereocenters. The van der Waals surface area contributed by atoms with Crippen molar-refractivity contribution < 1.29 is 46.7 Å². The van der Waals surface area contributed by atoms with E-state index in [2.05, 4.69) is 93.9 Å². The third-order valence-corrected chi connectivity index (χ3v) is 28.3. The summed E-state index contributed by atoms with van der Waals surface area (Å²) in [4.78, 5) is 76.6. The van der Waals surface area contributed by atoms with Crippen LogP contribution in [-0.2, 0) is 53.2 Å². The molecule has 0 radical (unpaired) electrons. The predicted molar refractivity (Wildman–Crippen MR) is 314 cm³/mol. The van der Waals surface area contributed by atoms with E-state index >= 15 is 0 Å². The fourth-order valence-electron chi connectivity index (χ4n) is 12.8. The topological polar surface area (TPSA) is 180 Å². The third kappa shape index (κ3) is 12.0. The molecule has 0 atom stereocenters. The number of hydrazine groups is 1. The summed E-state index contributed by atoms with van der Waals surface area (Å²) in [5, 5.41) is 11.2. The molecule has 4 amide bonds. The third-order valence-electron chi connectivity index (χ3n) is 16.3. The maximum Gasteiger partial charge on any atom is 0.307 e. The number of carboxylic acid groups (broad SMARTS) is 1. The van der Waals surface area contributed by atoms with Crippen molar-refractivity contribution in [3.8, 4) is 11.5 Å². The van der Waals surface area contributed by atoms with Gasteiger partial charge in [-0.05, 0) is 127 Å². The first-order chi connectivity index (χ1) is 37.6. The van der Waals surface area contributed by atoms with E-state index in [4.69, 9.17) is 18.8 Å². The van der Waals surface area contributed by atoms with Gasteiger partial charge in [-0.1, -0.05) is 107 Å². The van der Waals surface area contributed by atoms with Gasteiger partial charge in [-0.15, -0.1) is 0 Å². The highest BCUT2D eigenvalue weighted by atomic mass is 28.4. The minimum Gasteiger partial charge on any atom is -0.541 e. The molecule has 2 aliphatic heterocycles. The number of carbonyl (C=O) groups is 5. The van der Waals surface area contributed by atoms with E-state index in [9.17, 15) is 37.9 Å². The Bertz CT molecular complexity index is 3300. The average Bonchev–Trinajstić information content (AvgIpc) is 4.05. The summed E-state index contributed by atoms with van der Waals surface area (Å²) in [6.07, 6.45) is 4.26. The van der Waals surface area contributed by atoms with Crippen molar-refractivity contribution in [3.63, 3.8) is 0 Å². The lowest BCUT2D eigenvalue weighted by Crippen LogP contribution is -2.51. The van der Waals surface area contributed by atoms with Crippen LogP contribution in [0.2, 0.25) is 33.2 Å². The van der Waals surface area contributed by atoms with Crippen LogP contribution in [0.3, 0.4) is 0 Å². The first kappa shape index (κ1) is 60.6. The van der Waals surface area contributed by atoms with E-state index < -0.39 is 34.4 Å². The second-order valence-electron chi connectivity index (χ2n) is 23.5. The second kappa shape index (κ2) is 24.4.